The van der Waals surface area contributed by atoms with Gasteiger partial charge in [0.1, 0.15) is 6.10 Å². The van der Waals surface area contributed by atoms with Gasteiger partial charge in [-0.15, -0.1) is 11.6 Å². The second-order valence-electron chi connectivity index (χ2n) is 6.34. The van der Waals surface area contributed by atoms with Crippen molar-refractivity contribution in [2.24, 2.45) is 11.8 Å². The van der Waals surface area contributed by atoms with Crippen LogP contribution in [0, 0.1) is 11.8 Å². The summed E-state index contributed by atoms with van der Waals surface area (Å²) in [6.45, 7) is 1.98. The van der Waals surface area contributed by atoms with Crippen LogP contribution in [-0.2, 0) is 14.3 Å². The Bertz CT molecular complexity index is 485. The Labute approximate surface area is 142 Å². The van der Waals surface area contributed by atoms with Gasteiger partial charge in [0, 0.05) is 24.7 Å². The summed E-state index contributed by atoms with van der Waals surface area (Å²) in [7, 11) is 0. The molecule has 1 N–H and O–H groups in total. The smallest absolute Gasteiger partial charge is 0.306 e. The number of alkyl halides is 1. The highest BCUT2D eigenvalue weighted by atomic mass is 35.5. The first-order valence-electron chi connectivity index (χ1n) is 8.42. The second kappa shape index (κ2) is 8.65. The van der Waals surface area contributed by atoms with Crippen molar-refractivity contribution < 1.29 is 19.4 Å². The van der Waals surface area contributed by atoms with Crippen LogP contribution in [0.5, 0.6) is 0 Å². The van der Waals surface area contributed by atoms with Crippen LogP contribution in [-0.4, -0.2) is 34.4 Å². The molecule has 0 spiro atoms. The first kappa shape index (κ1) is 18.2. The maximum Gasteiger partial charge on any atom is 0.306 e. The summed E-state index contributed by atoms with van der Waals surface area (Å²) in [5.74, 6) is -0.347. The highest BCUT2D eigenvalue weighted by Crippen LogP contribution is 2.40. The van der Waals surface area contributed by atoms with Crippen LogP contribution in [0.1, 0.15) is 45.4 Å². The first-order chi connectivity index (χ1) is 11.0. The zero-order valence-corrected chi connectivity index (χ0v) is 14.2. The molecule has 1 aliphatic carbocycles. The zero-order valence-electron chi connectivity index (χ0n) is 13.5. The number of ether oxygens (including phenoxy) is 1. The average molecular weight is 341 g/mol. The lowest BCUT2D eigenvalue weighted by Gasteiger charge is -2.27. The number of allylic oxidation sites excluding steroid dienone is 3. The summed E-state index contributed by atoms with van der Waals surface area (Å²) in [5, 5.41) is 9.97. The fourth-order valence-electron chi connectivity index (χ4n) is 3.42. The molecule has 4 nitrogen and oxygen atoms in total. The van der Waals surface area contributed by atoms with Crippen molar-refractivity contribution in [1.82, 2.24) is 0 Å². The molecule has 2 rings (SSSR count). The van der Waals surface area contributed by atoms with Crippen LogP contribution in [0.25, 0.3) is 0 Å². The van der Waals surface area contributed by atoms with Crippen molar-refractivity contribution in [3.05, 3.63) is 24.3 Å². The minimum absolute atomic E-state index is 0.00439. The third-order valence-electron chi connectivity index (χ3n) is 4.70. The van der Waals surface area contributed by atoms with Gasteiger partial charge in [-0.3, -0.25) is 9.59 Å². The molecule has 1 heterocycles. The summed E-state index contributed by atoms with van der Waals surface area (Å²) in [5.41, 5.74) is 0. The van der Waals surface area contributed by atoms with E-state index in [1.165, 1.54) is 0 Å². The van der Waals surface area contributed by atoms with Crippen molar-refractivity contribution >= 4 is 23.4 Å². The summed E-state index contributed by atoms with van der Waals surface area (Å²) in [4.78, 5) is 23.7. The summed E-state index contributed by atoms with van der Waals surface area (Å²) in [6, 6.07) is 0. The van der Waals surface area contributed by atoms with E-state index in [2.05, 4.69) is 0 Å². The summed E-state index contributed by atoms with van der Waals surface area (Å²) < 4.78 is 5.64. The maximum absolute atomic E-state index is 12.0. The number of hydrogen-bond acceptors (Lipinski definition) is 4. The molecule has 5 unspecified atom stereocenters. The lowest BCUT2D eigenvalue weighted by atomic mass is 9.88. The van der Waals surface area contributed by atoms with Crippen molar-refractivity contribution in [2.75, 3.05) is 0 Å². The van der Waals surface area contributed by atoms with Gasteiger partial charge in [-0.2, -0.15) is 0 Å². The normalized spacial score (nSPS) is 39.2. The number of cyclic esters (lactones) is 1. The van der Waals surface area contributed by atoms with Crippen molar-refractivity contribution in [3.8, 4) is 0 Å². The van der Waals surface area contributed by atoms with E-state index in [1.54, 1.807) is 18.2 Å². The van der Waals surface area contributed by atoms with Crippen LogP contribution >= 0.6 is 11.6 Å². The van der Waals surface area contributed by atoms with E-state index >= 15 is 0 Å². The summed E-state index contributed by atoms with van der Waals surface area (Å²) in [6.07, 6.45) is 9.45. The fraction of sp³-hybridized carbons (Fsp3) is 0.667. The Kier molecular flexibility index (Phi) is 6.85. The number of fused-ring (bicyclic) bond motifs is 1. The predicted octanol–water partition coefficient (Wildman–Crippen LogP) is 3.17. The van der Waals surface area contributed by atoms with Crippen LogP contribution in [0.3, 0.4) is 0 Å². The van der Waals surface area contributed by atoms with Crippen LogP contribution in [0.15, 0.2) is 24.3 Å². The number of ketones is 1. The highest BCUT2D eigenvalue weighted by molar-refractivity contribution is 6.21. The molecular weight excluding hydrogens is 316 g/mol. The molecule has 0 radical (unpaired) electrons. The molecule has 2 aliphatic rings. The minimum atomic E-state index is -0.664. The van der Waals surface area contributed by atoms with E-state index < -0.39 is 6.10 Å². The lowest BCUT2D eigenvalue weighted by molar-refractivity contribution is -0.153. The molecular formula is C18H25ClO4. The largest absolute Gasteiger partial charge is 0.462 e. The Morgan fingerprint density at radius 1 is 1.26 bits per heavy atom. The average Bonchev–Trinajstić information content (AvgIpc) is 2.80. The first-order valence-corrected chi connectivity index (χ1v) is 8.86. The molecule has 1 aliphatic heterocycles. The maximum atomic E-state index is 12.0. The molecule has 0 aromatic rings. The summed E-state index contributed by atoms with van der Waals surface area (Å²) >= 11 is 6.23. The van der Waals surface area contributed by atoms with Gasteiger partial charge >= 0.3 is 5.97 Å². The van der Waals surface area contributed by atoms with E-state index in [4.69, 9.17) is 16.3 Å². The van der Waals surface area contributed by atoms with Crippen molar-refractivity contribution in [2.45, 2.75) is 63.0 Å². The monoisotopic (exact) mass is 340 g/mol. The third-order valence-corrected chi connectivity index (χ3v) is 5.14. The molecule has 5 heteroatoms. The molecule has 0 saturated heterocycles. The molecule has 5 atom stereocenters. The molecule has 0 amide bonds. The topological polar surface area (TPSA) is 63.6 Å². The Morgan fingerprint density at radius 3 is 2.74 bits per heavy atom. The minimum Gasteiger partial charge on any atom is -0.462 e. The predicted molar refractivity (Wildman–Crippen MR) is 89.2 cm³/mol. The van der Waals surface area contributed by atoms with Gasteiger partial charge in [-0.1, -0.05) is 25.2 Å². The van der Waals surface area contributed by atoms with Crippen molar-refractivity contribution in [1.29, 1.82) is 0 Å². The fourth-order valence-corrected chi connectivity index (χ4v) is 3.79. The van der Waals surface area contributed by atoms with Gasteiger partial charge in [0.2, 0.25) is 0 Å². The van der Waals surface area contributed by atoms with E-state index in [9.17, 15) is 14.7 Å². The Morgan fingerprint density at radius 2 is 2.00 bits per heavy atom. The molecule has 0 aromatic carbocycles. The third kappa shape index (κ3) is 4.92. The van der Waals surface area contributed by atoms with Gasteiger partial charge in [-0.05, 0) is 31.8 Å². The highest BCUT2D eigenvalue weighted by Gasteiger charge is 2.44. The van der Waals surface area contributed by atoms with Gasteiger partial charge in [0.05, 0.1) is 11.5 Å². The molecule has 0 aromatic heterocycles. The standard InChI is InChI=1S/C18H25ClO4/c1-2-16-14-11-15(19)18(22)13(14)9-5-3-7-12(20)8-4-6-10-17(21)23-16/h3,5,7,9,13-16,18,22H,2,4,6,8,10-11H2,1H3/b7-3+,9-5-. The van der Waals surface area contributed by atoms with E-state index in [-0.39, 0.29) is 35.1 Å². The number of aliphatic hydroxyl groups excluding tert-OH is 1. The number of aliphatic hydroxyl groups is 1. The van der Waals surface area contributed by atoms with Gasteiger partial charge in [0.25, 0.3) is 0 Å². The Balaban J connectivity index is 2.21. The molecule has 128 valence electrons. The van der Waals surface area contributed by atoms with E-state index in [0.29, 0.717) is 38.5 Å². The quantitative estimate of drug-likeness (QED) is 0.588. The van der Waals surface area contributed by atoms with Crippen LogP contribution in [0.2, 0.25) is 0 Å². The van der Waals surface area contributed by atoms with E-state index in [1.807, 2.05) is 13.0 Å². The van der Waals surface area contributed by atoms with Crippen molar-refractivity contribution in [3.63, 3.8) is 0 Å². The number of hydrogen-bond donors (Lipinski definition) is 1. The number of halogens is 1. The van der Waals surface area contributed by atoms with Crippen LogP contribution in [0.4, 0.5) is 0 Å². The Hall–Kier alpha value is -1.13. The van der Waals surface area contributed by atoms with Gasteiger partial charge in [0.15, 0.2) is 5.78 Å². The number of esters is 1. The number of carbonyl (C=O) groups excluding carboxylic acids is 2. The van der Waals surface area contributed by atoms with Crippen LogP contribution < -0.4 is 0 Å². The molecule has 23 heavy (non-hydrogen) atoms. The lowest BCUT2D eigenvalue weighted by Crippen LogP contribution is -2.31. The van der Waals surface area contributed by atoms with E-state index in [0.717, 1.165) is 0 Å². The molecule has 1 saturated carbocycles. The second-order valence-corrected chi connectivity index (χ2v) is 6.90. The number of rotatable bonds is 1. The number of carbonyl (C=O) groups is 2. The SMILES string of the molecule is CCC1OC(=O)CCCCC(=O)/C=C/C=C\C2C(O)C(Cl)CC12. The van der Waals surface area contributed by atoms with Gasteiger partial charge in [-0.25, -0.2) is 0 Å². The zero-order chi connectivity index (χ0) is 16.8. The molecule has 1 fully saturated rings. The molecule has 0 bridgehead atoms. The van der Waals surface area contributed by atoms with Gasteiger partial charge < -0.3 is 9.84 Å².